The number of hydrogen-bond acceptors (Lipinski definition) is 8. The molecule has 0 unspecified atom stereocenters. The lowest BCUT2D eigenvalue weighted by Crippen LogP contribution is -2.51. The Morgan fingerprint density at radius 2 is 1.48 bits per heavy atom. The molecule has 4 aromatic rings. The van der Waals surface area contributed by atoms with Gasteiger partial charge in [-0.2, -0.15) is 0 Å². The van der Waals surface area contributed by atoms with Gasteiger partial charge in [0, 0.05) is 46.8 Å². The number of Topliss-reactive ketones (excluding diaryl/α,β-unsaturated/α-hetero) is 2. The maximum Gasteiger partial charge on any atom is 0.270 e. The zero-order chi connectivity index (χ0) is 30.7. The van der Waals surface area contributed by atoms with Gasteiger partial charge in [-0.1, -0.05) is 60.7 Å². The average Bonchev–Trinajstić information content (AvgIpc) is 3.52. The number of nitrogens with one attached hydrogen (secondary N) is 1. The number of nitro groups is 2. The fourth-order valence-corrected chi connectivity index (χ4v) is 6.99. The number of hydrogen-bond donors (Lipinski definition) is 1. The molecule has 4 atom stereocenters. The van der Waals surface area contributed by atoms with E-state index >= 15 is 0 Å². The Bertz CT molecular complexity index is 1950. The standard InChI is InChI=1S/C33H22N4O7/c38-30(21-7-5-8-23(18-21)37(43)44)28-29(31(39)20-12-15-22(16-13-20)36(41)42)35-26-11-4-1-6-19(26)14-17-27(35)33(28)24-9-2-3-10-25(24)34-32(33)40/h1-18,27-29H,(H,34,40)/t27-,28-,29+,33-/m1/s1. The molecule has 11 nitrogen and oxygen atoms in total. The van der Waals surface area contributed by atoms with E-state index in [9.17, 15) is 34.6 Å². The van der Waals surface area contributed by atoms with Gasteiger partial charge in [0.15, 0.2) is 11.6 Å². The molecule has 1 amide bonds. The van der Waals surface area contributed by atoms with Crippen LogP contribution in [0.3, 0.4) is 0 Å². The summed E-state index contributed by atoms with van der Waals surface area (Å²) >= 11 is 0. The maximum absolute atomic E-state index is 14.8. The van der Waals surface area contributed by atoms with Crippen molar-refractivity contribution in [3.05, 3.63) is 146 Å². The Labute approximate surface area is 249 Å². The summed E-state index contributed by atoms with van der Waals surface area (Å²) in [5.74, 6) is -2.94. The van der Waals surface area contributed by atoms with Crippen LogP contribution in [0.4, 0.5) is 22.7 Å². The second kappa shape index (κ2) is 9.80. The van der Waals surface area contributed by atoms with Gasteiger partial charge in [-0.3, -0.25) is 34.6 Å². The average molecular weight is 587 g/mol. The van der Waals surface area contributed by atoms with E-state index < -0.39 is 50.7 Å². The highest BCUT2D eigenvalue weighted by Crippen LogP contribution is 2.58. The first-order valence-corrected chi connectivity index (χ1v) is 13.8. The lowest BCUT2D eigenvalue weighted by molar-refractivity contribution is -0.385. The molecule has 3 aliphatic heterocycles. The number of carbonyl (C=O) groups is 3. The third-order valence-corrected chi connectivity index (χ3v) is 8.80. The van der Waals surface area contributed by atoms with Crippen molar-refractivity contribution in [2.75, 3.05) is 10.2 Å². The van der Waals surface area contributed by atoms with Crippen molar-refractivity contribution in [2.45, 2.75) is 17.5 Å². The number of rotatable bonds is 6. The van der Waals surface area contributed by atoms with Crippen LogP contribution < -0.4 is 10.2 Å². The van der Waals surface area contributed by atoms with E-state index in [2.05, 4.69) is 5.32 Å². The molecule has 0 aromatic heterocycles. The fourth-order valence-electron chi connectivity index (χ4n) is 6.99. The van der Waals surface area contributed by atoms with Crippen molar-refractivity contribution >= 4 is 46.3 Å². The molecule has 0 saturated carbocycles. The van der Waals surface area contributed by atoms with Gasteiger partial charge in [0.25, 0.3) is 11.4 Å². The maximum atomic E-state index is 14.8. The minimum Gasteiger partial charge on any atom is -0.352 e. The van der Waals surface area contributed by atoms with Gasteiger partial charge in [0.1, 0.15) is 11.5 Å². The summed E-state index contributed by atoms with van der Waals surface area (Å²) in [4.78, 5) is 67.4. The second-order valence-electron chi connectivity index (χ2n) is 10.9. The molecule has 3 aliphatic rings. The van der Waals surface area contributed by atoms with Crippen LogP contribution >= 0.6 is 0 Å². The molecule has 3 heterocycles. The number of nitro benzene ring substituents is 2. The zero-order valence-electron chi connectivity index (χ0n) is 22.8. The van der Waals surface area contributed by atoms with Crippen LogP contribution in [0.2, 0.25) is 0 Å². The quantitative estimate of drug-likeness (QED) is 0.180. The molecule has 216 valence electrons. The van der Waals surface area contributed by atoms with Gasteiger partial charge >= 0.3 is 0 Å². The van der Waals surface area contributed by atoms with Crippen molar-refractivity contribution < 1.29 is 24.2 Å². The Morgan fingerprint density at radius 3 is 2.23 bits per heavy atom. The van der Waals surface area contributed by atoms with Crippen molar-refractivity contribution in [3.8, 4) is 0 Å². The number of ketones is 2. The first-order chi connectivity index (χ1) is 21.2. The number of nitrogens with zero attached hydrogens (tertiary/aromatic N) is 3. The summed E-state index contributed by atoms with van der Waals surface area (Å²) in [6.07, 6.45) is 3.68. The largest absolute Gasteiger partial charge is 0.352 e. The molecular weight excluding hydrogens is 564 g/mol. The van der Waals surface area contributed by atoms with E-state index in [0.717, 1.165) is 11.6 Å². The number of carbonyl (C=O) groups excluding carboxylic acids is 3. The number of amides is 1. The van der Waals surface area contributed by atoms with E-state index in [1.165, 1.54) is 42.5 Å². The van der Waals surface area contributed by atoms with Crippen LogP contribution in [-0.4, -0.2) is 39.4 Å². The van der Waals surface area contributed by atoms with Gasteiger partial charge in [0.2, 0.25) is 5.91 Å². The minimum atomic E-state index is -1.59. The van der Waals surface area contributed by atoms with Crippen molar-refractivity contribution in [3.63, 3.8) is 0 Å². The van der Waals surface area contributed by atoms with Crippen molar-refractivity contribution in [1.29, 1.82) is 0 Å². The van der Waals surface area contributed by atoms with E-state index in [-0.39, 0.29) is 22.5 Å². The predicted octanol–water partition coefficient (Wildman–Crippen LogP) is 5.36. The molecule has 1 N–H and O–H groups in total. The van der Waals surface area contributed by atoms with E-state index in [0.29, 0.717) is 16.9 Å². The second-order valence-corrected chi connectivity index (χ2v) is 10.9. The topological polar surface area (TPSA) is 153 Å². The van der Waals surface area contributed by atoms with E-state index in [1.54, 1.807) is 35.2 Å². The van der Waals surface area contributed by atoms with Crippen LogP contribution in [0, 0.1) is 26.1 Å². The van der Waals surface area contributed by atoms with Crippen LogP contribution in [0.25, 0.3) is 6.08 Å². The first-order valence-electron chi connectivity index (χ1n) is 13.8. The number of fused-ring (bicyclic) bond motifs is 6. The van der Waals surface area contributed by atoms with Gasteiger partial charge in [-0.25, -0.2) is 0 Å². The molecule has 44 heavy (non-hydrogen) atoms. The lowest BCUT2D eigenvalue weighted by Gasteiger charge is -2.37. The zero-order valence-corrected chi connectivity index (χ0v) is 22.8. The van der Waals surface area contributed by atoms with E-state index in [1.807, 2.05) is 30.4 Å². The van der Waals surface area contributed by atoms with Crippen LogP contribution in [-0.2, 0) is 10.2 Å². The molecule has 0 radical (unpaired) electrons. The fraction of sp³-hybridized carbons (Fsp3) is 0.121. The van der Waals surface area contributed by atoms with Crippen molar-refractivity contribution in [1.82, 2.24) is 0 Å². The summed E-state index contributed by atoms with van der Waals surface area (Å²) in [5, 5.41) is 25.9. The number of para-hydroxylation sites is 2. The number of anilines is 2. The molecule has 4 aromatic carbocycles. The third-order valence-electron chi connectivity index (χ3n) is 8.80. The number of benzene rings is 4. The predicted molar refractivity (Wildman–Crippen MR) is 161 cm³/mol. The molecule has 0 bridgehead atoms. The Balaban J connectivity index is 1.51. The smallest absolute Gasteiger partial charge is 0.270 e. The summed E-state index contributed by atoms with van der Waals surface area (Å²) in [6.45, 7) is 0. The third kappa shape index (κ3) is 3.72. The van der Waals surface area contributed by atoms with Gasteiger partial charge in [0.05, 0.1) is 21.8 Å². The van der Waals surface area contributed by atoms with Gasteiger partial charge in [-0.05, 0) is 35.4 Å². The molecular formula is C33H22N4O7. The Morgan fingerprint density at radius 1 is 0.773 bits per heavy atom. The normalized spacial score (nSPS) is 22.6. The van der Waals surface area contributed by atoms with Crippen LogP contribution in [0.5, 0.6) is 0 Å². The molecule has 1 spiro atoms. The summed E-state index contributed by atoms with van der Waals surface area (Å²) in [5.41, 5.74) is 0.441. The number of non-ortho nitro benzene ring substituents is 2. The van der Waals surface area contributed by atoms with Crippen LogP contribution in [0.15, 0.2) is 103 Å². The first kappa shape index (κ1) is 26.9. The molecule has 11 heteroatoms. The Kier molecular flexibility index (Phi) is 5.99. The monoisotopic (exact) mass is 586 g/mol. The molecule has 1 fully saturated rings. The summed E-state index contributed by atoms with van der Waals surface area (Å²) in [6, 6.07) is 22.6. The summed E-state index contributed by atoms with van der Waals surface area (Å²) < 4.78 is 0. The SMILES string of the molecule is O=C(c1ccc([N+](=O)[O-])cc1)[C@@H]1[C@H](C(=O)c2cccc([N+](=O)[O-])c2)[C@]2(C(=O)Nc3ccccc32)[C@H]2C=Cc3ccccc3N12. The minimum absolute atomic E-state index is 0.0145. The van der Waals surface area contributed by atoms with E-state index in [4.69, 9.17) is 0 Å². The van der Waals surface area contributed by atoms with Crippen molar-refractivity contribution in [2.24, 2.45) is 5.92 Å². The highest BCUT2D eigenvalue weighted by molar-refractivity contribution is 6.18. The Hall–Kier alpha value is -5.97. The molecule has 0 aliphatic carbocycles. The van der Waals surface area contributed by atoms with Gasteiger partial charge in [-0.15, -0.1) is 0 Å². The lowest BCUT2D eigenvalue weighted by atomic mass is 9.64. The summed E-state index contributed by atoms with van der Waals surface area (Å²) in [7, 11) is 0. The molecule has 1 saturated heterocycles. The van der Waals surface area contributed by atoms with Crippen LogP contribution in [0.1, 0.15) is 31.8 Å². The highest BCUT2D eigenvalue weighted by Gasteiger charge is 2.70. The van der Waals surface area contributed by atoms with Gasteiger partial charge < -0.3 is 10.2 Å². The molecule has 7 rings (SSSR count). The highest BCUT2D eigenvalue weighted by atomic mass is 16.6.